The van der Waals surface area contributed by atoms with Crippen LogP contribution in [-0.2, 0) is 6.54 Å². The minimum absolute atomic E-state index is 0.617. The van der Waals surface area contributed by atoms with Crippen LogP contribution in [0.4, 0.5) is 0 Å². The number of thiophene rings is 1. The Morgan fingerprint density at radius 3 is 2.81 bits per heavy atom. The van der Waals surface area contributed by atoms with Gasteiger partial charge >= 0.3 is 0 Å². The van der Waals surface area contributed by atoms with Crippen molar-refractivity contribution >= 4 is 11.3 Å². The van der Waals surface area contributed by atoms with Gasteiger partial charge in [-0.05, 0) is 62.9 Å². The van der Waals surface area contributed by atoms with Crippen molar-refractivity contribution in [3.8, 4) is 0 Å². The molecule has 0 aliphatic heterocycles. The highest BCUT2D eigenvalue weighted by Gasteiger charge is 2.30. The zero-order chi connectivity index (χ0) is 15.2. The van der Waals surface area contributed by atoms with Crippen LogP contribution in [0.25, 0.3) is 0 Å². The molecule has 1 heterocycles. The fourth-order valence-corrected chi connectivity index (χ4v) is 4.32. The van der Waals surface area contributed by atoms with Crippen LogP contribution in [0.2, 0.25) is 0 Å². The van der Waals surface area contributed by atoms with Gasteiger partial charge in [-0.25, -0.2) is 0 Å². The molecule has 1 aromatic heterocycles. The maximum Gasteiger partial charge on any atom is 0.0330 e. The summed E-state index contributed by atoms with van der Waals surface area (Å²) in [4.78, 5) is 4.16. The van der Waals surface area contributed by atoms with Gasteiger partial charge in [0.05, 0.1) is 0 Å². The van der Waals surface area contributed by atoms with Gasteiger partial charge in [0.15, 0.2) is 0 Å². The third-order valence-electron chi connectivity index (χ3n) is 4.85. The van der Waals surface area contributed by atoms with Crippen LogP contribution < -0.4 is 5.32 Å². The molecule has 3 unspecified atom stereocenters. The third kappa shape index (κ3) is 5.08. The second-order valence-corrected chi connectivity index (χ2v) is 7.98. The van der Waals surface area contributed by atoms with Gasteiger partial charge in [0.2, 0.25) is 0 Å². The molecule has 1 aromatic rings. The Morgan fingerprint density at radius 1 is 1.38 bits per heavy atom. The molecule has 0 saturated heterocycles. The summed E-state index contributed by atoms with van der Waals surface area (Å²) in [5.41, 5.74) is 0. The smallest absolute Gasteiger partial charge is 0.0330 e. The average molecular weight is 309 g/mol. The van der Waals surface area contributed by atoms with Gasteiger partial charge in [0.25, 0.3) is 0 Å². The van der Waals surface area contributed by atoms with Crippen LogP contribution in [0.3, 0.4) is 0 Å². The highest BCUT2D eigenvalue weighted by atomic mass is 32.1. The molecule has 1 saturated carbocycles. The average Bonchev–Trinajstić information content (AvgIpc) is 2.94. The quantitative estimate of drug-likeness (QED) is 0.804. The van der Waals surface area contributed by atoms with Crippen LogP contribution >= 0.6 is 11.3 Å². The highest BCUT2D eigenvalue weighted by molar-refractivity contribution is 7.09. The summed E-state index contributed by atoms with van der Waals surface area (Å²) in [5.74, 6) is 1.69. The normalized spacial score (nSPS) is 26.7. The molecule has 2 nitrogen and oxygen atoms in total. The van der Waals surface area contributed by atoms with Gasteiger partial charge in [-0.1, -0.05) is 19.9 Å². The van der Waals surface area contributed by atoms with E-state index in [1.54, 1.807) is 0 Å². The van der Waals surface area contributed by atoms with E-state index < -0.39 is 0 Å². The Morgan fingerprint density at radius 2 is 2.19 bits per heavy atom. The molecule has 1 aliphatic rings. The minimum atomic E-state index is 0.617. The number of nitrogens with one attached hydrogen (secondary N) is 1. The fourth-order valence-electron chi connectivity index (χ4n) is 3.59. The van der Waals surface area contributed by atoms with Crippen LogP contribution in [0.1, 0.15) is 51.8 Å². The lowest BCUT2D eigenvalue weighted by Crippen LogP contribution is -2.46. The summed E-state index contributed by atoms with van der Waals surface area (Å²) >= 11 is 1.88. The Labute approximate surface area is 134 Å². The number of rotatable bonds is 7. The molecule has 1 aliphatic carbocycles. The molecule has 0 amide bonds. The lowest BCUT2D eigenvalue weighted by molar-refractivity contribution is 0.120. The number of hydrogen-bond donors (Lipinski definition) is 1. The number of hydrogen-bond acceptors (Lipinski definition) is 3. The van der Waals surface area contributed by atoms with E-state index >= 15 is 0 Å². The Bertz CT molecular complexity index is 388. The summed E-state index contributed by atoms with van der Waals surface area (Å²) in [5, 5.41) is 5.93. The standard InChI is InChI=1S/C18H32N2S/c1-5-19-18-9-8-15(4)11-16(18)12-20(14(2)3)13-17-7-6-10-21-17/h6-7,10,14-16,18-19H,5,8-9,11-13H2,1-4H3. The van der Waals surface area contributed by atoms with Crippen LogP contribution in [0.5, 0.6) is 0 Å². The van der Waals surface area contributed by atoms with Crippen molar-refractivity contribution in [2.24, 2.45) is 11.8 Å². The van der Waals surface area contributed by atoms with E-state index in [4.69, 9.17) is 0 Å². The van der Waals surface area contributed by atoms with Crippen LogP contribution in [0.15, 0.2) is 17.5 Å². The Kier molecular flexibility index (Phi) is 6.72. The van der Waals surface area contributed by atoms with Crippen LogP contribution in [-0.4, -0.2) is 30.1 Å². The molecule has 1 fully saturated rings. The molecule has 3 atom stereocenters. The summed E-state index contributed by atoms with van der Waals surface area (Å²) in [6, 6.07) is 5.77. The maximum absolute atomic E-state index is 3.73. The van der Waals surface area contributed by atoms with E-state index in [0.29, 0.717) is 6.04 Å². The molecule has 0 bridgehead atoms. The Hall–Kier alpha value is -0.380. The van der Waals surface area contributed by atoms with Crippen molar-refractivity contribution < 1.29 is 0 Å². The largest absolute Gasteiger partial charge is 0.314 e. The first-order valence-corrected chi connectivity index (χ1v) is 9.47. The summed E-state index contributed by atoms with van der Waals surface area (Å²) in [6.45, 7) is 12.8. The zero-order valence-electron chi connectivity index (χ0n) is 14.1. The molecule has 2 rings (SSSR count). The SMILES string of the molecule is CCNC1CCC(C)CC1CN(Cc1cccs1)C(C)C. The molecule has 120 valence electrons. The van der Waals surface area contributed by atoms with E-state index in [-0.39, 0.29) is 0 Å². The first kappa shape index (κ1) is 17.0. The van der Waals surface area contributed by atoms with Gasteiger partial charge in [-0.15, -0.1) is 11.3 Å². The summed E-state index contributed by atoms with van der Waals surface area (Å²) < 4.78 is 0. The second-order valence-electron chi connectivity index (χ2n) is 6.95. The van der Waals surface area contributed by atoms with Crippen molar-refractivity contribution in [3.63, 3.8) is 0 Å². The van der Waals surface area contributed by atoms with E-state index in [1.165, 1.54) is 30.7 Å². The minimum Gasteiger partial charge on any atom is -0.314 e. The van der Waals surface area contributed by atoms with Gasteiger partial charge in [-0.2, -0.15) is 0 Å². The zero-order valence-corrected chi connectivity index (χ0v) is 15.0. The van der Waals surface area contributed by atoms with Crippen molar-refractivity contribution in [1.29, 1.82) is 0 Å². The van der Waals surface area contributed by atoms with Crippen LogP contribution in [0, 0.1) is 11.8 Å². The summed E-state index contributed by atoms with van der Waals surface area (Å²) in [7, 11) is 0. The molecule has 0 aromatic carbocycles. The van der Waals surface area contributed by atoms with E-state index in [9.17, 15) is 0 Å². The Balaban J connectivity index is 1.99. The molecule has 3 heteroatoms. The second kappa shape index (κ2) is 8.30. The van der Waals surface area contributed by atoms with Gasteiger partial charge < -0.3 is 5.32 Å². The first-order valence-electron chi connectivity index (χ1n) is 8.60. The lowest BCUT2D eigenvalue weighted by atomic mass is 9.78. The molecular formula is C18H32N2S. The van der Waals surface area contributed by atoms with Gasteiger partial charge in [0.1, 0.15) is 0 Å². The predicted molar refractivity (Wildman–Crippen MR) is 93.8 cm³/mol. The molecule has 0 radical (unpaired) electrons. The van der Waals surface area contributed by atoms with Crippen molar-refractivity contribution in [3.05, 3.63) is 22.4 Å². The van der Waals surface area contributed by atoms with E-state index in [1.807, 2.05) is 11.3 Å². The van der Waals surface area contributed by atoms with Crippen molar-refractivity contribution in [1.82, 2.24) is 10.2 Å². The predicted octanol–water partition coefficient (Wildman–Crippen LogP) is 4.37. The maximum atomic E-state index is 3.73. The van der Waals surface area contributed by atoms with E-state index in [2.05, 4.69) is 55.4 Å². The molecule has 0 spiro atoms. The van der Waals surface area contributed by atoms with Crippen molar-refractivity contribution in [2.75, 3.05) is 13.1 Å². The van der Waals surface area contributed by atoms with Gasteiger partial charge in [0, 0.05) is 30.1 Å². The summed E-state index contributed by atoms with van der Waals surface area (Å²) in [6.07, 6.45) is 4.12. The molecule has 1 N–H and O–H groups in total. The fraction of sp³-hybridized carbons (Fsp3) is 0.778. The highest BCUT2D eigenvalue weighted by Crippen LogP contribution is 2.30. The third-order valence-corrected chi connectivity index (χ3v) is 5.71. The molecule has 21 heavy (non-hydrogen) atoms. The first-order chi connectivity index (χ1) is 10.1. The van der Waals surface area contributed by atoms with Gasteiger partial charge in [-0.3, -0.25) is 4.90 Å². The monoisotopic (exact) mass is 308 g/mol. The number of nitrogens with zero attached hydrogens (tertiary/aromatic N) is 1. The van der Waals surface area contributed by atoms with E-state index in [0.717, 1.165) is 31.0 Å². The molecular weight excluding hydrogens is 276 g/mol. The lowest BCUT2D eigenvalue weighted by Gasteiger charge is -2.39. The topological polar surface area (TPSA) is 15.3 Å². The van der Waals surface area contributed by atoms with Crippen molar-refractivity contribution in [2.45, 2.75) is 65.6 Å².